The molecule has 0 unspecified atom stereocenters. The highest BCUT2D eigenvalue weighted by Gasteiger charge is 2.28. The molecule has 0 bridgehead atoms. The second kappa shape index (κ2) is 2.61. The van der Waals surface area contributed by atoms with Gasteiger partial charge in [0.25, 0.3) is 0 Å². The number of benzene rings is 1. The smallest absolute Gasteiger partial charge is 0.423 e. The maximum Gasteiger partial charge on any atom is 0.491 e. The van der Waals surface area contributed by atoms with Gasteiger partial charge in [-0.2, -0.15) is 0 Å². The summed E-state index contributed by atoms with van der Waals surface area (Å²) in [4.78, 5) is 0. The summed E-state index contributed by atoms with van der Waals surface area (Å²) in [5, 5.41) is 9.41. The number of rotatable bonds is 0. The van der Waals surface area contributed by atoms with Crippen LogP contribution >= 0.6 is 0 Å². The van der Waals surface area contributed by atoms with Crippen LogP contribution in [0.2, 0.25) is 0 Å². The Balaban J connectivity index is 2.60. The number of hydrogen-bond donors (Lipinski definition) is 1. The first-order valence-corrected chi connectivity index (χ1v) is 4.08. The third kappa shape index (κ3) is 1.06. The van der Waals surface area contributed by atoms with Gasteiger partial charge in [-0.3, -0.25) is 0 Å². The number of fused-ring (bicyclic) bond motifs is 1. The van der Waals surface area contributed by atoms with E-state index in [0.29, 0.717) is 6.61 Å². The van der Waals surface area contributed by atoms with Gasteiger partial charge in [0.1, 0.15) is 0 Å². The normalized spacial score (nSPS) is 15.1. The monoisotopic (exact) mass is 162 g/mol. The fourth-order valence-electron chi connectivity index (χ4n) is 1.70. The lowest BCUT2D eigenvalue weighted by Crippen LogP contribution is -2.28. The van der Waals surface area contributed by atoms with E-state index in [-0.39, 0.29) is 0 Å². The summed E-state index contributed by atoms with van der Waals surface area (Å²) < 4.78 is 5.11. The van der Waals surface area contributed by atoms with Gasteiger partial charge in [-0.25, -0.2) is 0 Å². The van der Waals surface area contributed by atoms with E-state index in [1.54, 1.807) is 0 Å². The van der Waals surface area contributed by atoms with E-state index in [2.05, 4.69) is 6.07 Å². The van der Waals surface area contributed by atoms with Crippen molar-refractivity contribution in [1.29, 1.82) is 0 Å². The van der Waals surface area contributed by atoms with Crippen LogP contribution in [0.4, 0.5) is 0 Å². The topological polar surface area (TPSA) is 29.5 Å². The molecule has 0 amide bonds. The molecule has 0 radical (unpaired) electrons. The summed E-state index contributed by atoms with van der Waals surface area (Å²) in [6.07, 6.45) is 0. The third-order valence-corrected chi connectivity index (χ3v) is 2.30. The summed E-state index contributed by atoms with van der Waals surface area (Å²) in [5.74, 6) is 0. The van der Waals surface area contributed by atoms with Crippen LogP contribution in [0.3, 0.4) is 0 Å². The molecule has 1 N–H and O–H groups in total. The zero-order valence-corrected chi connectivity index (χ0v) is 7.29. The van der Waals surface area contributed by atoms with E-state index < -0.39 is 7.12 Å². The molecule has 1 heterocycles. The lowest BCUT2D eigenvalue weighted by atomic mass is 9.78. The van der Waals surface area contributed by atoms with Crippen molar-refractivity contribution in [1.82, 2.24) is 0 Å². The lowest BCUT2D eigenvalue weighted by molar-refractivity contribution is 0.275. The second-order valence-corrected chi connectivity index (χ2v) is 3.31. The largest absolute Gasteiger partial charge is 0.491 e. The molecule has 1 aliphatic rings. The summed E-state index contributed by atoms with van der Waals surface area (Å²) in [6.45, 7) is 4.62. The van der Waals surface area contributed by atoms with Crippen LogP contribution in [0.1, 0.15) is 16.7 Å². The average Bonchev–Trinajstić information content (AvgIpc) is 2.33. The van der Waals surface area contributed by atoms with Crippen molar-refractivity contribution in [3.05, 3.63) is 28.8 Å². The number of hydrogen-bond acceptors (Lipinski definition) is 2. The fourth-order valence-corrected chi connectivity index (χ4v) is 1.70. The van der Waals surface area contributed by atoms with Gasteiger partial charge in [0, 0.05) is 0 Å². The van der Waals surface area contributed by atoms with E-state index in [1.165, 1.54) is 11.1 Å². The minimum atomic E-state index is -0.710. The summed E-state index contributed by atoms with van der Waals surface area (Å²) in [7, 11) is -0.710. The van der Waals surface area contributed by atoms with Crippen LogP contribution in [0, 0.1) is 13.8 Å². The van der Waals surface area contributed by atoms with Gasteiger partial charge in [0.05, 0.1) is 6.61 Å². The van der Waals surface area contributed by atoms with E-state index in [0.717, 1.165) is 11.0 Å². The molecule has 0 spiro atoms. The van der Waals surface area contributed by atoms with Crippen LogP contribution in [0.25, 0.3) is 0 Å². The van der Waals surface area contributed by atoms with Crippen molar-refractivity contribution in [3.8, 4) is 0 Å². The zero-order valence-electron chi connectivity index (χ0n) is 7.29. The first kappa shape index (κ1) is 7.83. The van der Waals surface area contributed by atoms with Crippen molar-refractivity contribution >= 4 is 12.6 Å². The van der Waals surface area contributed by atoms with Gasteiger partial charge in [-0.15, -0.1) is 0 Å². The first-order chi connectivity index (χ1) is 5.68. The van der Waals surface area contributed by atoms with Gasteiger partial charge < -0.3 is 9.68 Å². The molecule has 12 heavy (non-hydrogen) atoms. The molecule has 0 saturated heterocycles. The Morgan fingerprint density at radius 2 is 2.17 bits per heavy atom. The zero-order chi connectivity index (χ0) is 8.72. The highest BCUT2D eigenvalue weighted by atomic mass is 16.5. The Bertz CT molecular complexity index is 323. The first-order valence-electron chi connectivity index (χ1n) is 4.08. The van der Waals surface area contributed by atoms with Crippen LogP contribution in [0.15, 0.2) is 12.1 Å². The minimum absolute atomic E-state index is 0.544. The molecule has 1 aromatic rings. The van der Waals surface area contributed by atoms with Crippen molar-refractivity contribution in [3.63, 3.8) is 0 Å². The quantitative estimate of drug-likeness (QED) is 0.563. The molecule has 0 fully saturated rings. The van der Waals surface area contributed by atoms with E-state index in [4.69, 9.17) is 4.65 Å². The molecule has 2 rings (SSSR count). The molecule has 1 aromatic carbocycles. The third-order valence-electron chi connectivity index (χ3n) is 2.30. The predicted molar refractivity (Wildman–Crippen MR) is 48.3 cm³/mol. The summed E-state index contributed by atoms with van der Waals surface area (Å²) >= 11 is 0. The van der Waals surface area contributed by atoms with Crippen molar-refractivity contribution < 1.29 is 9.68 Å². The molecule has 3 heteroatoms. The molecule has 0 atom stereocenters. The Morgan fingerprint density at radius 1 is 1.42 bits per heavy atom. The van der Waals surface area contributed by atoms with Crippen LogP contribution in [-0.4, -0.2) is 12.1 Å². The van der Waals surface area contributed by atoms with Gasteiger partial charge >= 0.3 is 7.12 Å². The minimum Gasteiger partial charge on any atom is -0.423 e. The Labute approximate surface area is 72.3 Å². The highest BCUT2D eigenvalue weighted by molar-refractivity contribution is 6.61. The molecule has 0 aromatic heterocycles. The SMILES string of the molecule is Cc1cc(C)c2c(c1)B(O)OC2. The Hall–Kier alpha value is -0.795. The lowest BCUT2D eigenvalue weighted by Gasteiger charge is -2.03. The van der Waals surface area contributed by atoms with Crippen LogP contribution in [-0.2, 0) is 11.3 Å². The van der Waals surface area contributed by atoms with Crippen LogP contribution in [0.5, 0.6) is 0 Å². The highest BCUT2D eigenvalue weighted by Crippen LogP contribution is 2.15. The summed E-state index contributed by atoms with van der Waals surface area (Å²) in [5.41, 5.74) is 4.47. The Morgan fingerprint density at radius 3 is 2.92 bits per heavy atom. The van der Waals surface area contributed by atoms with E-state index in [9.17, 15) is 5.02 Å². The average molecular weight is 162 g/mol. The van der Waals surface area contributed by atoms with Gasteiger partial charge in [-0.05, 0) is 30.4 Å². The molecule has 0 saturated carbocycles. The van der Waals surface area contributed by atoms with Gasteiger partial charge in [0.15, 0.2) is 0 Å². The fraction of sp³-hybridized carbons (Fsp3) is 0.333. The molecule has 62 valence electrons. The van der Waals surface area contributed by atoms with Crippen LogP contribution < -0.4 is 5.46 Å². The molecule has 0 aliphatic carbocycles. The predicted octanol–water partition coefficient (Wildman–Crippen LogP) is 0.521. The van der Waals surface area contributed by atoms with Gasteiger partial charge in [0.2, 0.25) is 0 Å². The van der Waals surface area contributed by atoms with Crippen molar-refractivity contribution in [2.75, 3.05) is 0 Å². The maximum absolute atomic E-state index is 9.41. The summed E-state index contributed by atoms with van der Waals surface area (Å²) in [6, 6.07) is 4.10. The molecule has 2 nitrogen and oxygen atoms in total. The van der Waals surface area contributed by atoms with Gasteiger partial charge in [-0.1, -0.05) is 17.7 Å². The Kier molecular flexibility index (Phi) is 1.70. The van der Waals surface area contributed by atoms with Crippen molar-refractivity contribution in [2.24, 2.45) is 0 Å². The standard InChI is InChI=1S/C9H11BO2/c1-6-3-7(2)8-5-12-10(11)9(8)4-6/h3-4,11H,5H2,1-2H3. The second-order valence-electron chi connectivity index (χ2n) is 3.31. The van der Waals surface area contributed by atoms with E-state index >= 15 is 0 Å². The molecular weight excluding hydrogens is 151 g/mol. The molecule has 1 aliphatic heterocycles. The molecular formula is C9H11BO2. The van der Waals surface area contributed by atoms with E-state index in [1.807, 2.05) is 19.9 Å². The van der Waals surface area contributed by atoms with Crippen molar-refractivity contribution in [2.45, 2.75) is 20.5 Å². The maximum atomic E-state index is 9.41. The number of aryl methyl sites for hydroxylation is 2.